The number of ether oxygens (including phenoxy) is 1. The van der Waals surface area contributed by atoms with Crippen molar-refractivity contribution in [3.8, 4) is 0 Å². The van der Waals surface area contributed by atoms with Crippen molar-refractivity contribution >= 4 is 17.1 Å². The van der Waals surface area contributed by atoms with E-state index < -0.39 is 0 Å². The molecule has 2 aromatic carbocycles. The predicted molar refractivity (Wildman–Crippen MR) is 80.9 cm³/mol. The third-order valence-electron chi connectivity index (χ3n) is 3.24. The first-order chi connectivity index (χ1) is 9.22. The third-order valence-corrected chi connectivity index (χ3v) is 3.24. The highest BCUT2D eigenvalue weighted by molar-refractivity contribution is 5.70. The van der Waals surface area contributed by atoms with Gasteiger partial charge in [-0.25, -0.2) is 0 Å². The van der Waals surface area contributed by atoms with Gasteiger partial charge in [0.2, 0.25) is 0 Å². The van der Waals surface area contributed by atoms with Gasteiger partial charge in [0, 0.05) is 24.2 Å². The molecule has 0 aliphatic rings. The van der Waals surface area contributed by atoms with Crippen LogP contribution in [-0.2, 0) is 11.2 Å². The summed E-state index contributed by atoms with van der Waals surface area (Å²) in [5.74, 6) is 0. The smallest absolute Gasteiger partial charge is 0.0503 e. The minimum Gasteiger partial charge on any atom is -0.398 e. The molecule has 0 spiro atoms. The van der Waals surface area contributed by atoms with Crippen molar-refractivity contribution in [2.24, 2.45) is 0 Å². The van der Waals surface area contributed by atoms with Gasteiger partial charge in [0.1, 0.15) is 0 Å². The summed E-state index contributed by atoms with van der Waals surface area (Å²) < 4.78 is 5.15. The van der Waals surface area contributed by atoms with Crippen molar-refractivity contribution in [1.29, 1.82) is 0 Å². The normalized spacial score (nSPS) is 10.4. The molecule has 3 N–H and O–H groups in total. The van der Waals surface area contributed by atoms with E-state index in [9.17, 15) is 0 Å². The van der Waals surface area contributed by atoms with Crippen LogP contribution in [0.25, 0.3) is 0 Å². The molecule has 0 amide bonds. The number of rotatable bonds is 5. The summed E-state index contributed by atoms with van der Waals surface area (Å²) in [6.45, 7) is 2.74. The van der Waals surface area contributed by atoms with Gasteiger partial charge in [-0.3, -0.25) is 0 Å². The SMILES string of the molecule is COCCc1ccccc1Nc1cccc(N)c1C. The van der Waals surface area contributed by atoms with Gasteiger partial charge in [0.15, 0.2) is 0 Å². The number of nitrogens with one attached hydrogen (secondary N) is 1. The van der Waals surface area contributed by atoms with Crippen LogP contribution < -0.4 is 11.1 Å². The van der Waals surface area contributed by atoms with Gasteiger partial charge >= 0.3 is 0 Å². The minimum absolute atomic E-state index is 0.717. The van der Waals surface area contributed by atoms with E-state index in [1.807, 2.05) is 37.3 Å². The van der Waals surface area contributed by atoms with Gasteiger partial charge in [-0.2, -0.15) is 0 Å². The molecule has 19 heavy (non-hydrogen) atoms. The Morgan fingerprint density at radius 2 is 1.79 bits per heavy atom. The monoisotopic (exact) mass is 256 g/mol. The van der Waals surface area contributed by atoms with E-state index in [4.69, 9.17) is 10.5 Å². The lowest BCUT2D eigenvalue weighted by atomic mass is 10.1. The van der Waals surface area contributed by atoms with E-state index in [1.165, 1.54) is 5.56 Å². The average molecular weight is 256 g/mol. The quantitative estimate of drug-likeness (QED) is 0.805. The molecule has 2 rings (SSSR count). The third kappa shape index (κ3) is 3.26. The highest BCUT2D eigenvalue weighted by Gasteiger charge is 2.05. The highest BCUT2D eigenvalue weighted by Crippen LogP contribution is 2.26. The Labute approximate surface area is 114 Å². The standard InChI is InChI=1S/C16H20N2O/c1-12-14(17)7-5-9-15(12)18-16-8-4-3-6-13(16)10-11-19-2/h3-9,18H,10-11,17H2,1-2H3. The van der Waals surface area contributed by atoms with Crippen molar-refractivity contribution in [3.63, 3.8) is 0 Å². The Bertz CT molecular complexity index is 552. The molecule has 0 atom stereocenters. The Balaban J connectivity index is 2.25. The molecule has 2 aromatic rings. The van der Waals surface area contributed by atoms with Crippen LogP contribution in [0.2, 0.25) is 0 Å². The number of anilines is 3. The first kappa shape index (κ1) is 13.4. The molecule has 3 heteroatoms. The van der Waals surface area contributed by atoms with Crippen LogP contribution in [0.1, 0.15) is 11.1 Å². The van der Waals surface area contributed by atoms with E-state index in [-0.39, 0.29) is 0 Å². The Hall–Kier alpha value is -2.00. The molecule has 0 fully saturated rings. The molecule has 0 saturated heterocycles. The second-order valence-electron chi connectivity index (χ2n) is 4.54. The van der Waals surface area contributed by atoms with Crippen molar-refractivity contribution in [3.05, 3.63) is 53.6 Å². The predicted octanol–water partition coefficient (Wildman–Crippen LogP) is 3.51. The summed E-state index contributed by atoms with van der Waals surface area (Å²) in [6.07, 6.45) is 0.890. The molecule has 0 heterocycles. The zero-order chi connectivity index (χ0) is 13.7. The molecule has 0 saturated carbocycles. The minimum atomic E-state index is 0.717. The first-order valence-corrected chi connectivity index (χ1v) is 6.41. The van der Waals surface area contributed by atoms with E-state index in [0.717, 1.165) is 29.0 Å². The van der Waals surface area contributed by atoms with Crippen LogP contribution >= 0.6 is 0 Å². The summed E-state index contributed by atoms with van der Waals surface area (Å²) in [7, 11) is 1.72. The van der Waals surface area contributed by atoms with Crippen LogP contribution in [0, 0.1) is 6.92 Å². The lowest BCUT2D eigenvalue weighted by molar-refractivity contribution is 0.202. The molecule has 0 radical (unpaired) electrons. The summed E-state index contributed by atoms with van der Waals surface area (Å²) in [4.78, 5) is 0. The van der Waals surface area contributed by atoms with Crippen molar-refractivity contribution in [1.82, 2.24) is 0 Å². The van der Waals surface area contributed by atoms with Gasteiger partial charge in [0.05, 0.1) is 6.61 Å². The van der Waals surface area contributed by atoms with Crippen molar-refractivity contribution in [2.75, 3.05) is 24.8 Å². The molecule has 0 unspecified atom stereocenters. The molecule has 0 aromatic heterocycles. The van der Waals surface area contributed by atoms with Crippen molar-refractivity contribution in [2.45, 2.75) is 13.3 Å². The van der Waals surface area contributed by atoms with Gasteiger partial charge in [-0.1, -0.05) is 24.3 Å². The van der Waals surface area contributed by atoms with Gasteiger partial charge in [-0.05, 0) is 42.7 Å². The highest BCUT2D eigenvalue weighted by atomic mass is 16.5. The fraction of sp³-hybridized carbons (Fsp3) is 0.250. The average Bonchev–Trinajstić information content (AvgIpc) is 2.43. The Morgan fingerprint density at radius 3 is 2.58 bits per heavy atom. The lowest BCUT2D eigenvalue weighted by Crippen LogP contribution is -2.02. The summed E-state index contributed by atoms with van der Waals surface area (Å²) in [5, 5.41) is 3.45. The molecular weight excluding hydrogens is 236 g/mol. The zero-order valence-electron chi connectivity index (χ0n) is 11.4. The second kappa shape index (κ2) is 6.25. The van der Waals surface area contributed by atoms with E-state index >= 15 is 0 Å². The molecule has 3 nitrogen and oxygen atoms in total. The van der Waals surface area contributed by atoms with Gasteiger partial charge < -0.3 is 15.8 Å². The summed E-state index contributed by atoms with van der Waals surface area (Å²) in [6, 6.07) is 14.2. The van der Waals surface area contributed by atoms with Gasteiger partial charge in [0.25, 0.3) is 0 Å². The number of para-hydroxylation sites is 1. The fourth-order valence-electron chi connectivity index (χ4n) is 2.01. The number of benzene rings is 2. The molecule has 0 aliphatic carbocycles. The number of nitrogens with two attached hydrogens (primary N) is 1. The van der Waals surface area contributed by atoms with E-state index in [0.29, 0.717) is 6.61 Å². The van der Waals surface area contributed by atoms with Crippen LogP contribution in [0.4, 0.5) is 17.1 Å². The largest absolute Gasteiger partial charge is 0.398 e. The Morgan fingerprint density at radius 1 is 1.05 bits per heavy atom. The second-order valence-corrected chi connectivity index (χ2v) is 4.54. The topological polar surface area (TPSA) is 47.3 Å². The molecule has 0 aliphatic heterocycles. The number of hydrogen-bond acceptors (Lipinski definition) is 3. The number of nitrogen functional groups attached to an aromatic ring is 1. The lowest BCUT2D eigenvalue weighted by Gasteiger charge is -2.14. The number of hydrogen-bond donors (Lipinski definition) is 2. The van der Waals surface area contributed by atoms with Crippen LogP contribution in [-0.4, -0.2) is 13.7 Å². The molecular formula is C16H20N2O. The summed E-state index contributed by atoms with van der Waals surface area (Å²) >= 11 is 0. The molecule has 100 valence electrons. The number of methoxy groups -OCH3 is 1. The van der Waals surface area contributed by atoms with Crippen LogP contribution in [0.5, 0.6) is 0 Å². The van der Waals surface area contributed by atoms with Gasteiger partial charge in [-0.15, -0.1) is 0 Å². The molecule has 0 bridgehead atoms. The maximum Gasteiger partial charge on any atom is 0.0503 e. The summed E-state index contributed by atoms with van der Waals surface area (Å²) in [5.41, 5.74) is 11.2. The van der Waals surface area contributed by atoms with E-state index in [2.05, 4.69) is 17.4 Å². The van der Waals surface area contributed by atoms with Crippen molar-refractivity contribution < 1.29 is 4.74 Å². The fourth-order valence-corrected chi connectivity index (χ4v) is 2.01. The van der Waals surface area contributed by atoms with Crippen LogP contribution in [0.3, 0.4) is 0 Å². The zero-order valence-corrected chi connectivity index (χ0v) is 11.4. The first-order valence-electron chi connectivity index (χ1n) is 6.41. The van der Waals surface area contributed by atoms with E-state index in [1.54, 1.807) is 7.11 Å². The Kier molecular flexibility index (Phi) is 4.42. The maximum absolute atomic E-state index is 5.93. The van der Waals surface area contributed by atoms with Crippen LogP contribution in [0.15, 0.2) is 42.5 Å². The maximum atomic E-state index is 5.93.